The number of hydrogen-bond donors (Lipinski definition) is 2. The van der Waals surface area contributed by atoms with Gasteiger partial charge in [0.25, 0.3) is 11.7 Å². The van der Waals surface area contributed by atoms with Crippen molar-refractivity contribution in [3.8, 4) is 0 Å². The highest BCUT2D eigenvalue weighted by atomic mass is 35.5. The fraction of sp³-hybridized carbons (Fsp3) is 0.676. The number of anilines is 1. The van der Waals surface area contributed by atoms with Crippen molar-refractivity contribution in [3.05, 3.63) is 29.3 Å². The van der Waals surface area contributed by atoms with Gasteiger partial charge in [-0.2, -0.15) is 0 Å². The van der Waals surface area contributed by atoms with E-state index in [2.05, 4.69) is 10.6 Å². The molecule has 12 heteroatoms. The number of likely N-dealkylation sites (tertiary alicyclic amines) is 1. The number of hydrogen-bond acceptors (Lipinski definition) is 7. The summed E-state index contributed by atoms with van der Waals surface area (Å²) in [6, 6.07) is 4.85. The highest BCUT2D eigenvalue weighted by Gasteiger charge is 2.56. The Labute approximate surface area is 294 Å². The molecule has 4 amide bonds. The van der Waals surface area contributed by atoms with E-state index in [9.17, 15) is 28.8 Å². The first kappa shape index (κ1) is 36.8. The quantitative estimate of drug-likeness (QED) is 0.238. The second-order valence-corrected chi connectivity index (χ2v) is 16.2. The molecule has 49 heavy (non-hydrogen) atoms. The molecule has 4 atom stereocenters. The zero-order chi connectivity index (χ0) is 35.5. The van der Waals surface area contributed by atoms with Crippen LogP contribution in [0.4, 0.5) is 5.69 Å². The van der Waals surface area contributed by atoms with Crippen LogP contribution in [0.25, 0.3) is 0 Å². The average molecular weight is 699 g/mol. The minimum atomic E-state index is -1.30. The van der Waals surface area contributed by atoms with Crippen LogP contribution >= 0.6 is 11.6 Å². The largest absolute Gasteiger partial charge is 0.452 e. The van der Waals surface area contributed by atoms with Gasteiger partial charge in [-0.15, -0.1) is 0 Å². The molecule has 268 valence electrons. The summed E-state index contributed by atoms with van der Waals surface area (Å²) >= 11 is 6.24. The summed E-state index contributed by atoms with van der Waals surface area (Å²) < 4.78 is 5.80. The third-order valence-electron chi connectivity index (χ3n) is 10.4. The first-order valence-electron chi connectivity index (χ1n) is 17.9. The molecule has 2 saturated carbocycles. The van der Waals surface area contributed by atoms with Gasteiger partial charge in [0, 0.05) is 48.1 Å². The first-order chi connectivity index (χ1) is 23.2. The van der Waals surface area contributed by atoms with Crippen LogP contribution in [0.2, 0.25) is 5.02 Å². The fourth-order valence-corrected chi connectivity index (χ4v) is 7.74. The zero-order valence-corrected chi connectivity index (χ0v) is 30.0. The number of ketones is 1. The molecule has 4 fully saturated rings. The lowest BCUT2D eigenvalue weighted by atomic mass is 9.84. The third-order valence-corrected chi connectivity index (χ3v) is 10.6. The Kier molecular flexibility index (Phi) is 11.4. The predicted molar refractivity (Wildman–Crippen MR) is 185 cm³/mol. The summed E-state index contributed by atoms with van der Waals surface area (Å²) in [5.41, 5.74) is -0.874. The van der Waals surface area contributed by atoms with Gasteiger partial charge in [0.05, 0.1) is 0 Å². The molecule has 0 bridgehead atoms. The number of carbonyl (C=O) groups excluding carboxylic acids is 6. The Morgan fingerprint density at radius 1 is 1.04 bits per heavy atom. The van der Waals surface area contributed by atoms with Gasteiger partial charge in [-0.05, 0) is 68.1 Å². The normalized spacial score (nSPS) is 24.1. The molecule has 4 aliphatic rings. The molecule has 2 aliphatic carbocycles. The Morgan fingerprint density at radius 3 is 2.39 bits per heavy atom. The lowest BCUT2D eigenvalue weighted by Crippen LogP contribution is -2.57. The van der Waals surface area contributed by atoms with Crippen LogP contribution in [0.15, 0.2) is 24.3 Å². The highest BCUT2D eigenvalue weighted by Crippen LogP contribution is 2.46. The van der Waals surface area contributed by atoms with Gasteiger partial charge in [0.15, 0.2) is 6.10 Å². The summed E-state index contributed by atoms with van der Waals surface area (Å²) in [6.45, 7) is 7.74. The number of nitrogens with zero attached hydrogens (tertiary/aromatic N) is 2. The van der Waals surface area contributed by atoms with Crippen molar-refractivity contribution in [1.82, 2.24) is 15.5 Å². The van der Waals surface area contributed by atoms with E-state index >= 15 is 0 Å². The van der Waals surface area contributed by atoms with Crippen molar-refractivity contribution in [3.63, 3.8) is 0 Å². The maximum Gasteiger partial charge on any atom is 0.329 e. The number of nitrogens with one attached hydrogen (secondary N) is 2. The first-order valence-corrected chi connectivity index (χ1v) is 18.3. The van der Waals surface area contributed by atoms with Crippen LogP contribution in [0, 0.1) is 16.7 Å². The zero-order valence-electron chi connectivity index (χ0n) is 29.2. The summed E-state index contributed by atoms with van der Waals surface area (Å²) in [5.74, 6) is -2.93. The van der Waals surface area contributed by atoms with Crippen LogP contribution in [0.3, 0.4) is 0 Å². The van der Waals surface area contributed by atoms with Gasteiger partial charge in [0.1, 0.15) is 12.1 Å². The number of amides is 4. The Hall–Kier alpha value is -3.47. The Morgan fingerprint density at radius 2 is 1.76 bits per heavy atom. The molecule has 1 aromatic rings. The molecular formula is C37H51ClN4O7. The van der Waals surface area contributed by atoms with E-state index in [4.69, 9.17) is 16.3 Å². The van der Waals surface area contributed by atoms with Crippen LogP contribution in [0.5, 0.6) is 0 Å². The van der Waals surface area contributed by atoms with Crippen LogP contribution < -0.4 is 15.5 Å². The van der Waals surface area contributed by atoms with Gasteiger partial charge in [-0.1, -0.05) is 71.0 Å². The SMILES string of the molecule is CCC[C@H](OC(=O)[C@@H]1C[C@]2(CC(=O)N(c3cccc(Cl)c3)C2)CN1C(=O)[C@@H](NC(=O)CC1CCCCC1)C(C)(C)C)C(=O)C(=O)NC1CC1. The van der Waals surface area contributed by atoms with Crippen molar-refractivity contribution in [2.75, 3.05) is 18.0 Å². The number of benzene rings is 1. The maximum absolute atomic E-state index is 14.6. The van der Waals surface area contributed by atoms with Crippen LogP contribution in [0.1, 0.15) is 105 Å². The molecule has 1 aromatic carbocycles. The second-order valence-electron chi connectivity index (χ2n) is 15.7. The molecule has 2 saturated heterocycles. The second kappa shape index (κ2) is 15.2. The number of ether oxygens (including phenoxy) is 1. The minimum Gasteiger partial charge on any atom is -0.452 e. The summed E-state index contributed by atoms with van der Waals surface area (Å²) in [6.07, 6.45) is 6.80. The number of carbonyl (C=O) groups is 6. The van der Waals surface area contributed by atoms with Gasteiger partial charge in [-0.3, -0.25) is 24.0 Å². The van der Waals surface area contributed by atoms with E-state index in [0.29, 0.717) is 23.6 Å². The summed E-state index contributed by atoms with van der Waals surface area (Å²) in [5, 5.41) is 6.16. The van der Waals surface area contributed by atoms with E-state index < -0.39 is 52.6 Å². The van der Waals surface area contributed by atoms with E-state index in [1.165, 1.54) is 11.3 Å². The van der Waals surface area contributed by atoms with Crippen LogP contribution in [-0.4, -0.2) is 77.6 Å². The van der Waals surface area contributed by atoms with E-state index in [0.717, 1.165) is 38.5 Å². The van der Waals surface area contributed by atoms with Crippen LogP contribution in [-0.2, 0) is 33.5 Å². The summed E-state index contributed by atoms with van der Waals surface area (Å²) in [7, 11) is 0. The standard InChI is InChI=1S/C37H51ClN4O7/c1-5-10-28(31(45)33(46)39-25-15-16-25)49-35(48)27-19-37(20-30(44)41(21-37)26-14-9-13-24(38)18-26)22-42(27)34(47)32(36(2,3)4)40-29(43)17-23-11-7-6-8-12-23/h9,13-14,18,23,25,27-28,32H,5-8,10-12,15-17,19-22H2,1-4H3,(H,39,46)(H,40,43)/t27-,28-,32+,37+/m0/s1. The van der Waals surface area contributed by atoms with Crippen molar-refractivity contribution < 1.29 is 33.5 Å². The van der Waals surface area contributed by atoms with E-state index in [-0.39, 0.29) is 56.1 Å². The monoisotopic (exact) mass is 698 g/mol. The van der Waals surface area contributed by atoms with Crippen molar-refractivity contribution in [2.45, 2.75) is 129 Å². The summed E-state index contributed by atoms with van der Waals surface area (Å²) in [4.78, 5) is 84.3. The van der Waals surface area contributed by atoms with Crippen molar-refractivity contribution >= 4 is 52.7 Å². The third kappa shape index (κ3) is 9.01. The molecule has 2 aliphatic heterocycles. The van der Waals surface area contributed by atoms with Crippen molar-refractivity contribution in [2.24, 2.45) is 16.7 Å². The topological polar surface area (TPSA) is 142 Å². The van der Waals surface area contributed by atoms with Crippen molar-refractivity contribution in [1.29, 1.82) is 0 Å². The van der Waals surface area contributed by atoms with Gasteiger partial charge >= 0.3 is 5.97 Å². The Bertz CT molecular complexity index is 1450. The number of esters is 1. The lowest BCUT2D eigenvalue weighted by molar-refractivity contribution is -0.164. The van der Waals surface area contributed by atoms with E-state index in [1.807, 2.05) is 27.7 Å². The number of rotatable bonds is 12. The molecule has 11 nitrogen and oxygen atoms in total. The average Bonchev–Trinajstić information content (AvgIpc) is 3.70. The molecular weight excluding hydrogens is 648 g/mol. The molecule has 5 rings (SSSR count). The van der Waals surface area contributed by atoms with Gasteiger partial charge < -0.3 is 25.2 Å². The molecule has 0 radical (unpaired) electrons. The maximum atomic E-state index is 14.6. The number of halogens is 1. The molecule has 1 spiro atoms. The van der Waals surface area contributed by atoms with Gasteiger partial charge in [0.2, 0.25) is 17.7 Å². The number of Topliss-reactive ketones (excluding diaryl/α,β-unsaturated/α-hetero) is 1. The predicted octanol–water partition coefficient (Wildman–Crippen LogP) is 4.72. The highest BCUT2D eigenvalue weighted by molar-refractivity contribution is 6.38. The molecule has 0 unspecified atom stereocenters. The van der Waals surface area contributed by atoms with E-state index in [1.54, 1.807) is 29.2 Å². The fourth-order valence-electron chi connectivity index (χ4n) is 7.56. The molecule has 2 N–H and O–H groups in total. The molecule has 2 heterocycles. The minimum absolute atomic E-state index is 0.0396. The lowest BCUT2D eigenvalue weighted by Gasteiger charge is -2.36. The van der Waals surface area contributed by atoms with Gasteiger partial charge in [-0.25, -0.2) is 4.79 Å². The Balaban J connectivity index is 1.40. The smallest absolute Gasteiger partial charge is 0.329 e. The molecule has 0 aromatic heterocycles.